The van der Waals surface area contributed by atoms with Crippen LogP contribution < -0.4 is 0 Å². The third-order valence-corrected chi connectivity index (χ3v) is 5.17. The Labute approximate surface area is 163 Å². The number of rotatable bonds is 21. The third kappa shape index (κ3) is 21.4. The zero-order valence-corrected chi connectivity index (χ0v) is 17.6. The van der Waals surface area contributed by atoms with Gasteiger partial charge in [0.25, 0.3) is 0 Å². The first-order chi connectivity index (χ1) is 12.8. The molecule has 0 aromatic heterocycles. The minimum absolute atomic E-state index is 0.636. The van der Waals surface area contributed by atoms with Crippen molar-refractivity contribution < 1.29 is 9.90 Å². The lowest BCUT2D eigenvalue weighted by molar-refractivity contribution is -0.115. The highest BCUT2D eigenvalue weighted by molar-refractivity contribution is 5.55. The van der Waals surface area contributed by atoms with Crippen LogP contribution in [0, 0.1) is 0 Å². The zero-order chi connectivity index (χ0) is 19.1. The molecule has 0 aliphatic carbocycles. The van der Waals surface area contributed by atoms with Gasteiger partial charge in [-0.15, -0.1) is 0 Å². The molecule has 1 N–H and O–H groups in total. The Hall–Kier alpha value is -0.630. The van der Waals surface area contributed by atoms with Gasteiger partial charge in [0.2, 0.25) is 0 Å². The van der Waals surface area contributed by atoms with Gasteiger partial charge < -0.3 is 9.90 Å². The maximum atomic E-state index is 10.3. The lowest BCUT2D eigenvalue weighted by Crippen LogP contribution is -2.06. The van der Waals surface area contributed by atoms with Crippen molar-refractivity contribution in [3.05, 3.63) is 12.2 Å². The Morgan fingerprint density at radius 3 is 1.42 bits per heavy atom. The van der Waals surface area contributed by atoms with E-state index >= 15 is 0 Å². The molecule has 2 heteroatoms. The van der Waals surface area contributed by atoms with Gasteiger partial charge >= 0.3 is 0 Å². The van der Waals surface area contributed by atoms with Gasteiger partial charge in [-0.25, -0.2) is 0 Å². The Bertz CT molecular complexity index is 299. The molecule has 0 aromatic carbocycles. The summed E-state index contributed by atoms with van der Waals surface area (Å²) in [6.45, 7) is 2.28. The summed E-state index contributed by atoms with van der Waals surface area (Å²) in [5.74, 6) is 0. The highest BCUT2D eigenvalue weighted by Gasteiger charge is 2.00. The van der Waals surface area contributed by atoms with E-state index in [1.54, 1.807) is 0 Å². The molecular formula is C24H46O2. The van der Waals surface area contributed by atoms with Crippen LogP contribution in [-0.2, 0) is 4.79 Å². The first kappa shape index (κ1) is 25.4. The second-order valence-corrected chi connectivity index (χ2v) is 7.84. The van der Waals surface area contributed by atoms with Crippen LogP contribution in [0.2, 0.25) is 0 Å². The van der Waals surface area contributed by atoms with Crippen LogP contribution in [0.3, 0.4) is 0 Å². The lowest BCUT2D eigenvalue weighted by atomic mass is 10.0. The lowest BCUT2D eigenvalue weighted by Gasteiger charge is -2.03. The minimum Gasteiger partial charge on any atom is -0.386 e. The van der Waals surface area contributed by atoms with E-state index in [0.29, 0.717) is 12.7 Å². The Morgan fingerprint density at radius 1 is 0.615 bits per heavy atom. The predicted octanol–water partition coefficient (Wildman–Crippen LogP) is 7.53. The summed E-state index contributed by atoms with van der Waals surface area (Å²) < 4.78 is 0. The SMILES string of the molecule is CCCCCCCC/C=C/CCCCCCCCCCCCC(O)C=O. The van der Waals surface area contributed by atoms with E-state index in [2.05, 4.69) is 19.1 Å². The first-order valence-electron chi connectivity index (χ1n) is 11.6. The molecule has 1 atom stereocenters. The maximum Gasteiger partial charge on any atom is 0.148 e. The molecule has 0 saturated heterocycles. The summed E-state index contributed by atoms with van der Waals surface area (Å²) in [7, 11) is 0. The average molecular weight is 367 g/mol. The fourth-order valence-electron chi connectivity index (χ4n) is 3.38. The average Bonchev–Trinajstić information content (AvgIpc) is 2.66. The molecule has 0 aliphatic rings. The van der Waals surface area contributed by atoms with E-state index in [4.69, 9.17) is 5.11 Å². The number of unbranched alkanes of at least 4 members (excludes halogenated alkanes) is 16. The Kier molecular flexibility index (Phi) is 21.9. The molecule has 0 aromatic rings. The number of carbonyl (C=O) groups is 1. The second kappa shape index (κ2) is 22.4. The summed E-state index contributed by atoms with van der Waals surface area (Å²) in [5.41, 5.74) is 0. The summed E-state index contributed by atoms with van der Waals surface area (Å²) in [6, 6.07) is 0. The van der Waals surface area contributed by atoms with Gasteiger partial charge in [-0.3, -0.25) is 0 Å². The molecule has 1 unspecified atom stereocenters. The molecule has 0 fully saturated rings. The minimum atomic E-state index is -0.736. The summed E-state index contributed by atoms with van der Waals surface area (Å²) in [5, 5.41) is 9.14. The van der Waals surface area contributed by atoms with Crippen LogP contribution in [0.15, 0.2) is 12.2 Å². The highest BCUT2D eigenvalue weighted by atomic mass is 16.3. The molecular weight excluding hydrogens is 320 g/mol. The van der Waals surface area contributed by atoms with E-state index in [9.17, 15) is 4.79 Å². The molecule has 0 radical (unpaired) electrons. The number of aliphatic hydroxyl groups excluding tert-OH is 1. The molecule has 0 saturated carbocycles. The third-order valence-electron chi connectivity index (χ3n) is 5.17. The standard InChI is InChI=1S/C24H46O2/c1-2-3-4-5-6-7-8-9-10-11-12-13-14-15-16-17-18-19-20-21-22-24(26)23-25/h9-10,23-24,26H,2-8,11-22H2,1H3/b10-9+. The Morgan fingerprint density at radius 2 is 1.00 bits per heavy atom. The predicted molar refractivity (Wildman–Crippen MR) is 115 cm³/mol. The van der Waals surface area contributed by atoms with Gasteiger partial charge in [-0.05, 0) is 32.1 Å². The molecule has 0 bridgehead atoms. The normalized spacial score (nSPS) is 12.7. The fourth-order valence-corrected chi connectivity index (χ4v) is 3.38. The van der Waals surface area contributed by atoms with E-state index in [1.165, 1.54) is 103 Å². The van der Waals surface area contributed by atoms with Crippen molar-refractivity contribution in [1.29, 1.82) is 0 Å². The molecule has 154 valence electrons. The summed E-state index contributed by atoms with van der Waals surface area (Å²) >= 11 is 0. The molecule has 0 aliphatic heterocycles. The van der Waals surface area contributed by atoms with E-state index < -0.39 is 6.10 Å². The number of aldehydes is 1. The second-order valence-electron chi connectivity index (χ2n) is 7.84. The van der Waals surface area contributed by atoms with E-state index in [0.717, 1.165) is 12.8 Å². The maximum absolute atomic E-state index is 10.3. The smallest absolute Gasteiger partial charge is 0.148 e. The van der Waals surface area contributed by atoms with Crippen LogP contribution in [0.1, 0.15) is 129 Å². The van der Waals surface area contributed by atoms with Gasteiger partial charge in [-0.2, -0.15) is 0 Å². The number of allylic oxidation sites excluding steroid dienone is 2. The molecule has 0 amide bonds. The van der Waals surface area contributed by atoms with Gasteiger partial charge in [0.15, 0.2) is 0 Å². The van der Waals surface area contributed by atoms with E-state index in [-0.39, 0.29) is 0 Å². The number of aliphatic hydroxyl groups is 1. The number of carbonyl (C=O) groups excluding carboxylic acids is 1. The van der Waals surface area contributed by atoms with E-state index in [1.807, 2.05) is 0 Å². The molecule has 2 nitrogen and oxygen atoms in total. The number of hydrogen-bond acceptors (Lipinski definition) is 2. The van der Waals surface area contributed by atoms with Crippen LogP contribution in [0.4, 0.5) is 0 Å². The summed E-state index contributed by atoms with van der Waals surface area (Å²) in [4.78, 5) is 10.3. The van der Waals surface area contributed by atoms with Gasteiger partial charge in [0, 0.05) is 0 Å². The monoisotopic (exact) mass is 366 g/mol. The van der Waals surface area contributed by atoms with Crippen molar-refractivity contribution in [3.63, 3.8) is 0 Å². The molecule has 0 spiro atoms. The summed E-state index contributed by atoms with van der Waals surface area (Å²) in [6.07, 6.45) is 29.1. The van der Waals surface area contributed by atoms with Gasteiger partial charge in [-0.1, -0.05) is 109 Å². The Balaban J connectivity index is 3.08. The molecule has 26 heavy (non-hydrogen) atoms. The van der Waals surface area contributed by atoms with Crippen LogP contribution in [0.25, 0.3) is 0 Å². The van der Waals surface area contributed by atoms with Crippen LogP contribution in [-0.4, -0.2) is 17.5 Å². The quantitative estimate of drug-likeness (QED) is 0.129. The van der Waals surface area contributed by atoms with Gasteiger partial charge in [0.05, 0.1) is 0 Å². The van der Waals surface area contributed by atoms with Crippen molar-refractivity contribution in [2.75, 3.05) is 0 Å². The zero-order valence-electron chi connectivity index (χ0n) is 17.6. The van der Waals surface area contributed by atoms with Crippen molar-refractivity contribution >= 4 is 6.29 Å². The fraction of sp³-hybridized carbons (Fsp3) is 0.875. The van der Waals surface area contributed by atoms with Gasteiger partial charge in [0.1, 0.15) is 12.4 Å². The van der Waals surface area contributed by atoms with Crippen molar-refractivity contribution in [3.8, 4) is 0 Å². The van der Waals surface area contributed by atoms with Crippen molar-refractivity contribution in [2.24, 2.45) is 0 Å². The highest BCUT2D eigenvalue weighted by Crippen LogP contribution is 2.13. The molecule has 0 rings (SSSR count). The largest absolute Gasteiger partial charge is 0.386 e. The van der Waals surface area contributed by atoms with Crippen LogP contribution >= 0.6 is 0 Å². The number of hydrogen-bond donors (Lipinski definition) is 1. The topological polar surface area (TPSA) is 37.3 Å². The van der Waals surface area contributed by atoms with Crippen molar-refractivity contribution in [1.82, 2.24) is 0 Å². The first-order valence-corrected chi connectivity index (χ1v) is 11.6. The van der Waals surface area contributed by atoms with Crippen molar-refractivity contribution in [2.45, 2.75) is 135 Å². The van der Waals surface area contributed by atoms with Crippen LogP contribution in [0.5, 0.6) is 0 Å². The molecule has 0 heterocycles.